The van der Waals surface area contributed by atoms with Crippen molar-refractivity contribution in [3.8, 4) is 0 Å². The van der Waals surface area contributed by atoms with Gasteiger partial charge in [-0.25, -0.2) is 0 Å². The van der Waals surface area contributed by atoms with Crippen molar-refractivity contribution < 1.29 is 0 Å². The van der Waals surface area contributed by atoms with E-state index in [0.29, 0.717) is 5.38 Å². The average Bonchev–Trinajstić information content (AvgIpc) is 1.95. The molecule has 0 N–H and O–H groups in total. The summed E-state index contributed by atoms with van der Waals surface area (Å²) in [6.07, 6.45) is 0. The molecule has 0 spiro atoms. The molecule has 0 heterocycles. The van der Waals surface area contributed by atoms with Crippen molar-refractivity contribution in [2.24, 2.45) is 0 Å². The summed E-state index contributed by atoms with van der Waals surface area (Å²) >= 11 is 20.0. The van der Waals surface area contributed by atoms with Crippen LogP contribution in [0.1, 0.15) is 0 Å². The topological polar surface area (TPSA) is 0 Å². The molecular weight excluding hydrogens is 1130 g/mol. The first-order valence-corrected chi connectivity index (χ1v) is 14.0. The molecule has 86 valence electrons. The van der Waals surface area contributed by atoms with Gasteiger partial charge in [0.25, 0.3) is 0 Å². The van der Waals surface area contributed by atoms with Crippen molar-refractivity contribution in [1.82, 2.24) is 0 Å². The van der Waals surface area contributed by atoms with Gasteiger partial charge in [-0.15, -0.1) is 0 Å². The van der Waals surface area contributed by atoms with E-state index in [4.69, 9.17) is 0 Å². The number of hydrogen-bond donors (Lipinski definition) is 0. The smallest absolute Gasteiger partial charge is 0.0757 e. The fourth-order valence-corrected chi connectivity index (χ4v) is 9.62. The monoisotopic (exact) mass is 1130 g/mol. The fraction of sp³-hybridized carbons (Fsp3) is 1.00. The third kappa shape index (κ3) is 10.3. The Morgan fingerprint density at radius 1 is 0.643 bits per heavy atom. The third-order valence-electron chi connectivity index (χ3n) is 0.739. The molecule has 0 fully saturated rings. The Bertz CT molecular complexity index is 153. The average molecular weight is 1130 g/mol. The predicted molar refractivity (Wildman–Crippen MR) is 140 cm³/mol. The molecule has 0 rings (SSSR count). The van der Waals surface area contributed by atoms with Crippen LogP contribution in [0.25, 0.3) is 0 Å². The molecule has 0 saturated carbocycles. The highest BCUT2D eigenvalue weighted by Crippen LogP contribution is 2.56. The Balaban J connectivity index is 3.96. The van der Waals surface area contributed by atoms with Crippen molar-refractivity contribution >= 4 is 202 Å². The van der Waals surface area contributed by atoms with Crippen LogP contribution in [0.3, 0.4) is 0 Å². The second-order valence-electron chi connectivity index (χ2n) is 1.91. The molecule has 0 aromatic heterocycles. The summed E-state index contributed by atoms with van der Waals surface area (Å²) in [5, 5.41) is 0. The van der Waals surface area contributed by atoms with Gasteiger partial charge in [-0.05, 0) is 0 Å². The lowest BCUT2D eigenvalue weighted by molar-refractivity contribution is 1.47. The van der Waals surface area contributed by atoms with Gasteiger partial charge in [0.1, 0.15) is -1.13 Å². The molecule has 0 aliphatic carbocycles. The van der Waals surface area contributed by atoms with E-state index in [1.807, 2.05) is 21.6 Å². The van der Waals surface area contributed by atoms with E-state index in [1.165, 1.54) is 0 Å². The highest BCUT2D eigenvalue weighted by molar-refractivity contribution is 14.3. The molecule has 0 bridgehead atoms. The zero-order valence-corrected chi connectivity index (χ0v) is 24.9. The van der Waals surface area contributed by atoms with Gasteiger partial charge < -0.3 is 0 Å². The lowest BCUT2D eigenvalue weighted by Gasteiger charge is -2.23. The molecular formula is C4H2I8S2. The van der Waals surface area contributed by atoms with Gasteiger partial charge in [0.05, 0.1) is 6.51 Å². The van der Waals surface area contributed by atoms with Crippen LogP contribution >= 0.6 is 202 Å². The summed E-state index contributed by atoms with van der Waals surface area (Å²) < 4.78 is 1.84. The zero-order chi connectivity index (χ0) is 11.6. The summed E-state index contributed by atoms with van der Waals surface area (Å²) in [6.45, 7) is 0. The molecule has 10 heteroatoms. The van der Waals surface area contributed by atoms with E-state index in [9.17, 15) is 0 Å². The quantitative estimate of drug-likeness (QED) is 0.157. The highest BCUT2D eigenvalue weighted by atomic mass is 127. The first-order valence-electron chi connectivity index (χ1n) is 2.79. The molecule has 2 unspecified atom stereocenters. The zero-order valence-electron chi connectivity index (χ0n) is 5.99. The maximum Gasteiger partial charge on any atom is 0.145 e. The summed E-state index contributed by atoms with van der Waals surface area (Å²) in [5.41, 5.74) is 0. The first kappa shape index (κ1) is 20.5. The molecule has 0 radical (unpaired) electrons. The fourth-order valence-electron chi connectivity index (χ4n) is 0.207. The van der Waals surface area contributed by atoms with Gasteiger partial charge in [-0.2, -0.15) is 0 Å². The van der Waals surface area contributed by atoms with Crippen LogP contribution in [-0.2, 0) is 0 Å². The van der Waals surface area contributed by atoms with E-state index in [-0.39, 0.29) is 0 Å². The Morgan fingerprint density at radius 2 is 0.857 bits per heavy atom. The van der Waals surface area contributed by atoms with Crippen LogP contribution in [0.5, 0.6) is 0 Å². The van der Waals surface area contributed by atoms with Crippen LogP contribution in [0.15, 0.2) is 0 Å². The van der Waals surface area contributed by atoms with Crippen LogP contribution in [0.4, 0.5) is 0 Å². The van der Waals surface area contributed by atoms with E-state index >= 15 is 0 Å². The largest absolute Gasteiger partial charge is 0.145 e. The van der Waals surface area contributed by atoms with Gasteiger partial charge >= 0.3 is 0 Å². The van der Waals surface area contributed by atoms with Gasteiger partial charge in [-0.3, -0.25) is 0 Å². The Labute approximate surface area is 202 Å². The minimum atomic E-state index is 0.298. The van der Waals surface area contributed by atoms with E-state index in [2.05, 4.69) is 181 Å². The number of halogens is 8. The summed E-state index contributed by atoms with van der Waals surface area (Å²) in [6, 6.07) is 0. The molecule has 0 saturated heterocycles. The molecule has 0 aromatic carbocycles. The van der Waals surface area contributed by atoms with E-state index in [0.717, 1.165) is 0 Å². The lowest BCUT2D eigenvalue weighted by Crippen LogP contribution is -2.14. The second-order valence-corrected chi connectivity index (χ2v) is 31.2. The third-order valence-corrected chi connectivity index (χ3v) is 22.3. The van der Waals surface area contributed by atoms with Crippen molar-refractivity contribution in [3.63, 3.8) is 0 Å². The van der Waals surface area contributed by atoms with Crippen LogP contribution in [0.2, 0.25) is 0 Å². The predicted octanol–water partition coefficient (Wildman–Crippen LogP) is 7.81. The normalized spacial score (nSPS) is 18.0. The highest BCUT2D eigenvalue weighted by Gasteiger charge is 2.33. The maximum absolute atomic E-state index is 2.52. The molecule has 14 heavy (non-hydrogen) atoms. The molecule has 0 nitrogen and oxygen atoms in total. The Morgan fingerprint density at radius 3 is 1.00 bits per heavy atom. The number of alkyl halides is 8. The second kappa shape index (κ2) is 9.54. The lowest BCUT2D eigenvalue weighted by atomic mass is 11.0. The maximum atomic E-state index is 2.52. The SMILES string of the molecule is IC(SSC(I)C(I)(I)I)C(I)(I)I. The molecule has 2 atom stereocenters. The summed E-state index contributed by atoms with van der Waals surface area (Å²) in [5.74, 6) is 0. The van der Waals surface area contributed by atoms with Gasteiger partial charge in [0, 0.05) is 0 Å². The Kier molecular flexibility index (Phi) is 14.0. The van der Waals surface area contributed by atoms with Gasteiger partial charge in [0.2, 0.25) is 0 Å². The minimum absolute atomic E-state index is 0.298. The number of rotatable bonds is 5. The van der Waals surface area contributed by atoms with Crippen LogP contribution < -0.4 is 0 Å². The summed E-state index contributed by atoms with van der Waals surface area (Å²) in [7, 11) is 3.95. The van der Waals surface area contributed by atoms with E-state index in [1.54, 1.807) is 0 Å². The van der Waals surface area contributed by atoms with Crippen LogP contribution in [0, 0.1) is 0 Å². The van der Waals surface area contributed by atoms with Gasteiger partial charge in [0.15, 0.2) is 0 Å². The molecule has 0 amide bonds. The van der Waals surface area contributed by atoms with Crippen molar-refractivity contribution in [2.75, 3.05) is 0 Å². The van der Waals surface area contributed by atoms with Crippen molar-refractivity contribution in [3.05, 3.63) is 0 Å². The summed E-state index contributed by atoms with van der Waals surface area (Å²) in [4.78, 5) is 0. The van der Waals surface area contributed by atoms with Gasteiger partial charge in [-0.1, -0.05) is 202 Å². The first-order chi connectivity index (χ1) is 6.05. The molecule has 0 aliphatic heterocycles. The van der Waals surface area contributed by atoms with E-state index < -0.39 is 0 Å². The van der Waals surface area contributed by atoms with Crippen molar-refractivity contribution in [1.29, 1.82) is 0 Å². The minimum Gasteiger partial charge on any atom is -0.0757 e. The molecule has 0 aliphatic rings. The molecule has 0 aromatic rings. The standard InChI is InChI=1S/C4H2I8S2/c5-1(3(7,8)9)13-14-2(6)4(10,11)12/h1-2H. The van der Waals surface area contributed by atoms with Crippen LogP contribution in [-0.4, -0.2) is 5.38 Å². The van der Waals surface area contributed by atoms with Crippen molar-refractivity contribution in [2.45, 2.75) is 5.38 Å². The number of hydrogen-bond acceptors (Lipinski definition) is 2. The Hall–Kier alpha value is 6.54.